The van der Waals surface area contributed by atoms with Crippen LogP contribution in [0.15, 0.2) is 0 Å². The summed E-state index contributed by atoms with van der Waals surface area (Å²) in [4.78, 5) is 0. The quantitative estimate of drug-likeness (QED) is 0.280. The van der Waals surface area contributed by atoms with Crippen molar-refractivity contribution in [3.8, 4) is 0 Å². The van der Waals surface area contributed by atoms with Gasteiger partial charge < -0.3 is 0 Å². The van der Waals surface area contributed by atoms with E-state index >= 15 is 0 Å². The summed E-state index contributed by atoms with van der Waals surface area (Å²) in [6.07, 6.45) is -5.26. The Hall–Kier alpha value is 0.0784. The maximum atomic E-state index is 11.0. The molecule has 0 radical (unpaired) electrons. The van der Waals surface area contributed by atoms with E-state index in [1.54, 1.807) is 0 Å². The first-order valence-electron chi connectivity index (χ1n) is 4.11. The van der Waals surface area contributed by atoms with Gasteiger partial charge in [0.25, 0.3) is 0 Å². The molecule has 0 aliphatic carbocycles. The van der Waals surface area contributed by atoms with Gasteiger partial charge in [-0.05, 0) is 0 Å². The molecule has 0 aromatic rings. The van der Waals surface area contributed by atoms with Crippen LogP contribution in [0.4, 0.5) is 0 Å². The van der Waals surface area contributed by atoms with E-state index in [0.717, 1.165) is 0 Å². The monoisotopic (exact) mass is 288 g/mol. The van der Waals surface area contributed by atoms with Crippen molar-refractivity contribution in [3.63, 3.8) is 0 Å². The van der Waals surface area contributed by atoms with Gasteiger partial charge in [-0.3, -0.25) is 0 Å². The number of hydrogen-bond acceptors (Lipinski definition) is 6. The zero-order chi connectivity index (χ0) is 11.9. The van der Waals surface area contributed by atoms with Crippen LogP contribution in [-0.4, -0.2) is 78.7 Å². The van der Waals surface area contributed by atoms with Crippen molar-refractivity contribution in [2.45, 2.75) is 22.7 Å². The zero-order valence-electron chi connectivity index (χ0n) is 7.59. The molecule has 1 aliphatic heterocycles. The van der Waals surface area contributed by atoms with Crippen LogP contribution in [0.5, 0.6) is 0 Å². The molecule has 1 fully saturated rings. The molecule has 0 saturated carbocycles. The number of rotatable bonds is 2. The van der Waals surface area contributed by atoms with Crippen LogP contribution in [-0.2, 0) is 8.48 Å². The first-order valence-corrected chi connectivity index (χ1v) is 7.50. The van der Waals surface area contributed by atoms with Crippen LogP contribution in [0.25, 0.3) is 0 Å². The van der Waals surface area contributed by atoms with Gasteiger partial charge in [0.1, 0.15) is 0 Å². The van der Waals surface area contributed by atoms with Gasteiger partial charge in [0.05, 0.1) is 0 Å². The van der Waals surface area contributed by atoms with Gasteiger partial charge in [-0.1, -0.05) is 0 Å². The minimum absolute atomic E-state index is 0.564. The molecule has 8 nitrogen and oxygen atoms in total. The van der Waals surface area contributed by atoms with Gasteiger partial charge >= 0.3 is 87.2 Å². The van der Waals surface area contributed by atoms with Crippen LogP contribution in [0.3, 0.4) is 0 Å². The standard InChI is InChI=1S/C6H13AsO8/c8-1-3-5(10)6(11,7(12,13)14)4(9)2-15-3/h3-5,8-11H,1-2H2,(H2,12,13,14)/t3-,4+,5-,6-/m1/s1. The van der Waals surface area contributed by atoms with Gasteiger partial charge in [0, 0.05) is 0 Å². The van der Waals surface area contributed by atoms with Crippen molar-refractivity contribution >= 4 is 14.2 Å². The predicted molar refractivity (Wildman–Crippen MR) is 44.7 cm³/mol. The van der Waals surface area contributed by atoms with E-state index in [0.29, 0.717) is 0 Å². The number of ether oxygens (including phenoxy) is 1. The second kappa shape index (κ2) is 4.15. The van der Waals surface area contributed by atoms with E-state index < -0.39 is 50.1 Å². The van der Waals surface area contributed by atoms with Gasteiger partial charge in [-0.15, -0.1) is 0 Å². The van der Waals surface area contributed by atoms with Crippen molar-refractivity contribution in [2.24, 2.45) is 0 Å². The fraction of sp³-hybridized carbons (Fsp3) is 1.00. The Morgan fingerprint density at radius 3 is 2.33 bits per heavy atom. The number of aliphatic hydroxyl groups is 4. The summed E-state index contributed by atoms with van der Waals surface area (Å²) in [5.74, 6) is 0. The second-order valence-corrected chi connectivity index (χ2v) is 7.13. The van der Waals surface area contributed by atoms with Crippen molar-refractivity contribution in [1.29, 1.82) is 0 Å². The van der Waals surface area contributed by atoms with Gasteiger partial charge in [-0.2, -0.15) is 0 Å². The summed E-state index contributed by atoms with van der Waals surface area (Å²) >= 11 is -5.81. The molecule has 15 heavy (non-hydrogen) atoms. The molecule has 1 heterocycles. The van der Waals surface area contributed by atoms with E-state index in [-0.39, 0.29) is 0 Å². The molecule has 0 spiro atoms. The Labute approximate surface area is 87.7 Å². The molecule has 6 N–H and O–H groups in total. The first kappa shape index (κ1) is 13.1. The SMILES string of the molecule is O=[As](O)(O)[C@]1(O)[C@H](O)[C@@H](CO)OC[C@@H]1O. The van der Waals surface area contributed by atoms with Crippen LogP contribution >= 0.6 is 0 Å². The maximum absolute atomic E-state index is 11.0. The summed E-state index contributed by atoms with van der Waals surface area (Å²) in [6, 6.07) is 0. The summed E-state index contributed by atoms with van der Waals surface area (Å²) in [5, 5.41) is 37.0. The molecule has 1 rings (SSSR count). The minimum atomic E-state index is -5.81. The second-order valence-electron chi connectivity index (χ2n) is 3.34. The van der Waals surface area contributed by atoms with Crippen molar-refractivity contribution in [1.82, 2.24) is 0 Å². The Kier molecular flexibility index (Phi) is 3.64. The van der Waals surface area contributed by atoms with E-state index in [1.165, 1.54) is 0 Å². The molecule has 0 aromatic heterocycles. The van der Waals surface area contributed by atoms with Crippen molar-refractivity contribution in [2.75, 3.05) is 13.2 Å². The molecule has 1 saturated heterocycles. The Morgan fingerprint density at radius 2 is 1.93 bits per heavy atom. The predicted octanol–water partition coefficient (Wildman–Crippen LogP) is -4.28. The Balaban J connectivity index is 3.07. The van der Waals surface area contributed by atoms with Crippen LogP contribution in [0.2, 0.25) is 0 Å². The molecule has 4 atom stereocenters. The summed E-state index contributed by atoms with van der Waals surface area (Å²) < 4.78 is 30.6. The van der Waals surface area contributed by atoms with Gasteiger partial charge in [0.15, 0.2) is 0 Å². The molecular formula is C6H13AsO8. The molecule has 9 heteroatoms. The number of hydrogen-bond donors (Lipinski definition) is 6. The van der Waals surface area contributed by atoms with E-state index in [4.69, 9.17) is 18.0 Å². The van der Waals surface area contributed by atoms with Gasteiger partial charge in [-0.25, -0.2) is 0 Å². The number of aliphatic hydroxyl groups excluding tert-OH is 3. The third-order valence-electron chi connectivity index (χ3n) is 2.39. The summed E-state index contributed by atoms with van der Waals surface area (Å²) in [5.41, 5.74) is 0. The summed E-state index contributed by atoms with van der Waals surface area (Å²) in [7, 11) is 0. The fourth-order valence-electron chi connectivity index (χ4n) is 1.42. The van der Waals surface area contributed by atoms with Crippen molar-refractivity contribution < 1.29 is 37.1 Å². The average molecular weight is 288 g/mol. The third-order valence-corrected chi connectivity index (χ3v) is 5.53. The van der Waals surface area contributed by atoms with Crippen LogP contribution in [0, 0.1) is 0 Å². The van der Waals surface area contributed by atoms with Crippen LogP contribution < -0.4 is 0 Å². The molecular weight excluding hydrogens is 275 g/mol. The fourth-order valence-corrected chi connectivity index (χ4v) is 3.46. The van der Waals surface area contributed by atoms with Crippen LogP contribution in [0.1, 0.15) is 0 Å². The molecule has 1 aliphatic rings. The Bertz CT molecular complexity index is 276. The topological polar surface area (TPSA) is 148 Å². The van der Waals surface area contributed by atoms with Gasteiger partial charge in [0.2, 0.25) is 0 Å². The molecule has 0 unspecified atom stereocenters. The molecule has 0 bridgehead atoms. The van der Waals surface area contributed by atoms with E-state index in [9.17, 15) is 19.1 Å². The molecule has 0 amide bonds. The molecule has 90 valence electrons. The van der Waals surface area contributed by atoms with E-state index in [2.05, 4.69) is 0 Å². The van der Waals surface area contributed by atoms with E-state index in [1.807, 2.05) is 0 Å². The Morgan fingerprint density at radius 1 is 1.40 bits per heavy atom. The normalized spacial score (nSPS) is 42.9. The van der Waals surface area contributed by atoms with Crippen molar-refractivity contribution in [3.05, 3.63) is 0 Å². The first-order chi connectivity index (χ1) is 6.75. The average Bonchev–Trinajstić information content (AvgIpc) is 2.13. The zero-order valence-corrected chi connectivity index (χ0v) is 9.47. The summed E-state index contributed by atoms with van der Waals surface area (Å²) in [6.45, 7) is -1.28. The third kappa shape index (κ3) is 2.00. The molecule has 0 aromatic carbocycles.